The smallest absolute Gasteiger partial charge is 0.186 e. The van der Waals surface area contributed by atoms with Crippen LogP contribution in [0.4, 0.5) is 0 Å². The maximum atomic E-state index is 9.29. The first-order chi connectivity index (χ1) is 15.7. The summed E-state index contributed by atoms with van der Waals surface area (Å²) >= 11 is 0. The lowest BCUT2D eigenvalue weighted by Gasteiger charge is -2.14. The van der Waals surface area contributed by atoms with Gasteiger partial charge in [-0.1, -0.05) is 36.4 Å². The van der Waals surface area contributed by atoms with E-state index in [1.807, 2.05) is 36.4 Å². The highest BCUT2D eigenvalue weighted by molar-refractivity contribution is 5.73. The average Bonchev–Trinajstić information content (AvgIpc) is 2.85. The van der Waals surface area contributed by atoms with Gasteiger partial charge in [0.15, 0.2) is 31.1 Å². The second kappa shape index (κ2) is 9.86. The third-order valence-electron chi connectivity index (χ3n) is 4.68. The van der Waals surface area contributed by atoms with Crippen LogP contribution in [0.5, 0.6) is 17.2 Å². The molecule has 0 aliphatic rings. The SMILES string of the molecule is COc1ccccc1-c1nc(-c2ccccc2OCO)nc(-c2ccccc2OCO)n1. The Morgan fingerprint density at radius 3 is 1.28 bits per heavy atom. The van der Waals surface area contributed by atoms with Gasteiger partial charge < -0.3 is 24.4 Å². The summed E-state index contributed by atoms with van der Waals surface area (Å²) in [7, 11) is 1.58. The molecule has 0 fully saturated rings. The van der Waals surface area contributed by atoms with Crippen molar-refractivity contribution in [2.75, 3.05) is 20.7 Å². The van der Waals surface area contributed by atoms with Crippen LogP contribution in [-0.2, 0) is 0 Å². The van der Waals surface area contributed by atoms with E-state index in [2.05, 4.69) is 15.0 Å². The summed E-state index contributed by atoms with van der Waals surface area (Å²) < 4.78 is 16.2. The Hall–Kier alpha value is -4.01. The molecule has 0 aliphatic carbocycles. The van der Waals surface area contributed by atoms with Crippen LogP contribution < -0.4 is 14.2 Å². The van der Waals surface area contributed by atoms with Gasteiger partial charge in [-0.2, -0.15) is 0 Å². The molecule has 0 amide bonds. The fourth-order valence-corrected chi connectivity index (χ4v) is 3.26. The minimum atomic E-state index is -0.485. The fourth-order valence-electron chi connectivity index (χ4n) is 3.26. The minimum absolute atomic E-state index is 0.346. The van der Waals surface area contributed by atoms with E-state index in [1.165, 1.54) is 0 Å². The average molecular weight is 431 g/mol. The third kappa shape index (κ3) is 4.36. The Morgan fingerprint density at radius 1 is 0.562 bits per heavy atom. The number of rotatable bonds is 8. The van der Waals surface area contributed by atoms with Gasteiger partial charge in [0.2, 0.25) is 0 Å². The summed E-state index contributed by atoms with van der Waals surface area (Å²) in [6.45, 7) is -0.969. The van der Waals surface area contributed by atoms with Crippen LogP contribution in [0.1, 0.15) is 0 Å². The van der Waals surface area contributed by atoms with Gasteiger partial charge in [0, 0.05) is 0 Å². The zero-order chi connectivity index (χ0) is 22.3. The van der Waals surface area contributed by atoms with Crippen molar-refractivity contribution < 1.29 is 24.4 Å². The first-order valence-corrected chi connectivity index (χ1v) is 9.80. The second-order valence-corrected chi connectivity index (χ2v) is 6.55. The minimum Gasteiger partial charge on any atom is -0.496 e. The number of hydrogen-bond donors (Lipinski definition) is 2. The van der Waals surface area contributed by atoms with Crippen LogP contribution in [0.3, 0.4) is 0 Å². The topological polar surface area (TPSA) is 107 Å². The van der Waals surface area contributed by atoms with Crippen molar-refractivity contribution in [2.45, 2.75) is 0 Å². The number of aromatic nitrogens is 3. The van der Waals surface area contributed by atoms with E-state index in [9.17, 15) is 10.2 Å². The number of aliphatic hydroxyl groups is 2. The largest absolute Gasteiger partial charge is 0.496 e. The number of benzene rings is 3. The molecular formula is C24H21N3O5. The summed E-state index contributed by atoms with van der Waals surface area (Å²) in [4.78, 5) is 14.0. The molecule has 0 atom stereocenters. The molecule has 4 aromatic rings. The molecule has 1 aromatic heterocycles. The number of ether oxygens (including phenoxy) is 3. The predicted molar refractivity (Wildman–Crippen MR) is 118 cm³/mol. The number of nitrogens with zero attached hydrogens (tertiary/aromatic N) is 3. The third-order valence-corrected chi connectivity index (χ3v) is 4.68. The standard InChI is InChI=1S/C24H21N3O5/c1-30-19-11-5-2-8-16(19)22-25-23(17-9-3-6-12-20(17)31-14-28)27-24(26-22)18-10-4-7-13-21(18)32-15-29/h2-13,28-29H,14-15H2,1H3. The van der Waals surface area contributed by atoms with E-state index in [0.717, 1.165) is 0 Å². The molecule has 8 nitrogen and oxygen atoms in total. The van der Waals surface area contributed by atoms with Gasteiger partial charge in [0.1, 0.15) is 17.2 Å². The Bertz CT molecular complexity index is 1150. The molecule has 0 aliphatic heterocycles. The molecular weight excluding hydrogens is 410 g/mol. The summed E-state index contributed by atoms with van der Waals surface area (Å²) in [5.41, 5.74) is 1.85. The van der Waals surface area contributed by atoms with Crippen molar-refractivity contribution in [3.8, 4) is 51.4 Å². The fraction of sp³-hybridized carbons (Fsp3) is 0.125. The van der Waals surface area contributed by atoms with Gasteiger partial charge in [0.05, 0.1) is 23.8 Å². The molecule has 4 rings (SSSR count). The number of aliphatic hydroxyl groups excluding tert-OH is 2. The molecule has 32 heavy (non-hydrogen) atoms. The number of methoxy groups -OCH3 is 1. The van der Waals surface area contributed by atoms with Gasteiger partial charge in [0.25, 0.3) is 0 Å². The van der Waals surface area contributed by atoms with E-state index >= 15 is 0 Å². The van der Waals surface area contributed by atoms with Crippen LogP contribution in [0.15, 0.2) is 72.8 Å². The molecule has 0 unspecified atom stereocenters. The molecule has 3 aromatic carbocycles. The second-order valence-electron chi connectivity index (χ2n) is 6.55. The zero-order valence-electron chi connectivity index (χ0n) is 17.3. The lowest BCUT2D eigenvalue weighted by molar-refractivity contribution is 0.0987. The van der Waals surface area contributed by atoms with Crippen molar-refractivity contribution in [3.05, 3.63) is 72.8 Å². The monoisotopic (exact) mass is 431 g/mol. The van der Waals surface area contributed by atoms with Gasteiger partial charge in [-0.05, 0) is 36.4 Å². The normalized spacial score (nSPS) is 10.6. The van der Waals surface area contributed by atoms with E-state index in [4.69, 9.17) is 14.2 Å². The molecule has 0 saturated heterocycles. The summed E-state index contributed by atoms with van der Waals surface area (Å²) in [6, 6.07) is 21.7. The Balaban J connectivity index is 1.97. The van der Waals surface area contributed by atoms with E-state index < -0.39 is 13.6 Å². The lowest BCUT2D eigenvalue weighted by atomic mass is 10.1. The molecule has 0 bridgehead atoms. The molecule has 0 saturated carbocycles. The Morgan fingerprint density at radius 2 is 0.906 bits per heavy atom. The van der Waals surface area contributed by atoms with Gasteiger partial charge >= 0.3 is 0 Å². The lowest BCUT2D eigenvalue weighted by Crippen LogP contribution is -2.04. The highest BCUT2D eigenvalue weighted by atomic mass is 16.6. The van der Waals surface area contributed by atoms with E-state index in [1.54, 1.807) is 43.5 Å². The Labute approximate surface area is 184 Å². The molecule has 162 valence electrons. The van der Waals surface area contributed by atoms with Crippen molar-refractivity contribution in [2.24, 2.45) is 0 Å². The van der Waals surface area contributed by atoms with Crippen molar-refractivity contribution in [1.29, 1.82) is 0 Å². The van der Waals surface area contributed by atoms with Crippen molar-refractivity contribution in [1.82, 2.24) is 15.0 Å². The molecule has 2 N–H and O–H groups in total. The van der Waals surface area contributed by atoms with Crippen LogP contribution in [-0.4, -0.2) is 45.9 Å². The molecule has 1 heterocycles. The van der Waals surface area contributed by atoms with Gasteiger partial charge in [-0.25, -0.2) is 15.0 Å². The van der Waals surface area contributed by atoms with Crippen molar-refractivity contribution >= 4 is 0 Å². The molecule has 8 heteroatoms. The van der Waals surface area contributed by atoms with Crippen LogP contribution >= 0.6 is 0 Å². The van der Waals surface area contributed by atoms with Crippen LogP contribution in [0.25, 0.3) is 34.2 Å². The van der Waals surface area contributed by atoms with E-state index in [0.29, 0.717) is 51.4 Å². The Kier molecular flexibility index (Phi) is 6.54. The highest BCUT2D eigenvalue weighted by Gasteiger charge is 2.18. The zero-order valence-corrected chi connectivity index (χ0v) is 17.3. The first kappa shape index (κ1) is 21.2. The van der Waals surface area contributed by atoms with Crippen LogP contribution in [0, 0.1) is 0 Å². The molecule has 0 radical (unpaired) electrons. The van der Waals surface area contributed by atoms with Crippen LogP contribution in [0.2, 0.25) is 0 Å². The summed E-state index contributed by atoms with van der Waals surface area (Å²) in [5, 5.41) is 18.6. The van der Waals surface area contributed by atoms with Gasteiger partial charge in [-0.3, -0.25) is 0 Å². The quantitative estimate of drug-likeness (QED) is 0.408. The van der Waals surface area contributed by atoms with Gasteiger partial charge in [-0.15, -0.1) is 0 Å². The summed E-state index contributed by atoms with van der Waals surface area (Å²) in [6.07, 6.45) is 0. The maximum absolute atomic E-state index is 9.29. The number of hydrogen-bond acceptors (Lipinski definition) is 8. The summed E-state index contributed by atoms with van der Waals surface area (Å²) in [5.74, 6) is 2.55. The number of para-hydroxylation sites is 3. The predicted octanol–water partition coefficient (Wildman–Crippen LogP) is 3.54. The first-order valence-electron chi connectivity index (χ1n) is 9.80. The van der Waals surface area contributed by atoms with E-state index in [-0.39, 0.29) is 0 Å². The molecule has 0 spiro atoms. The van der Waals surface area contributed by atoms with Crippen molar-refractivity contribution in [3.63, 3.8) is 0 Å². The maximum Gasteiger partial charge on any atom is 0.186 e. The highest BCUT2D eigenvalue weighted by Crippen LogP contribution is 2.35.